The number of aliphatic carboxylic acids is 1. The van der Waals surface area contributed by atoms with Gasteiger partial charge in [0.25, 0.3) is 0 Å². The highest BCUT2D eigenvalue weighted by atomic mass is 32.2. The zero-order valence-electron chi connectivity index (χ0n) is 17.3. The fourth-order valence-electron chi connectivity index (χ4n) is 4.01. The van der Waals surface area contributed by atoms with Gasteiger partial charge in [-0.15, -0.1) is 0 Å². The molecule has 1 saturated heterocycles. The molecule has 170 valence electrons. The zero-order valence-corrected chi connectivity index (χ0v) is 18.9. The van der Waals surface area contributed by atoms with Gasteiger partial charge < -0.3 is 9.84 Å². The summed E-state index contributed by atoms with van der Waals surface area (Å²) in [7, 11) is -4.19. The van der Waals surface area contributed by atoms with Crippen molar-refractivity contribution in [2.45, 2.75) is 22.5 Å². The maximum absolute atomic E-state index is 13.8. The second kappa shape index (κ2) is 8.81. The maximum atomic E-state index is 13.8. The third-order valence-electron chi connectivity index (χ3n) is 5.49. The van der Waals surface area contributed by atoms with E-state index in [1.165, 1.54) is 16.1 Å². The lowest BCUT2D eigenvalue weighted by molar-refractivity contribution is -0.148. The second-order valence-corrected chi connectivity index (χ2v) is 10.3. The van der Waals surface area contributed by atoms with Gasteiger partial charge in [0.15, 0.2) is 6.10 Å². The van der Waals surface area contributed by atoms with E-state index in [0.29, 0.717) is 5.69 Å². The molecule has 8 nitrogen and oxygen atoms in total. The van der Waals surface area contributed by atoms with Gasteiger partial charge in [-0.2, -0.15) is 13.1 Å². The third kappa shape index (κ3) is 4.11. The highest BCUT2D eigenvalue weighted by Crippen LogP contribution is 2.55. The number of nitrogens with zero attached hydrogens (tertiary/aromatic N) is 1. The fourth-order valence-corrected chi connectivity index (χ4v) is 7.20. The van der Waals surface area contributed by atoms with E-state index in [9.17, 15) is 18.3 Å². The molecule has 0 saturated carbocycles. The molecule has 0 aliphatic carbocycles. The van der Waals surface area contributed by atoms with Gasteiger partial charge in [-0.05, 0) is 17.2 Å². The summed E-state index contributed by atoms with van der Waals surface area (Å²) < 4.78 is 36.6. The van der Waals surface area contributed by atoms with Crippen LogP contribution in [0.15, 0.2) is 83.8 Å². The molecule has 3 N–H and O–H groups in total. The molecular formula is C23H21N3O5S2. The highest BCUT2D eigenvalue weighted by molar-refractivity contribution is 8.02. The van der Waals surface area contributed by atoms with Crippen LogP contribution < -0.4 is 14.3 Å². The third-order valence-corrected chi connectivity index (χ3v) is 8.37. The van der Waals surface area contributed by atoms with Crippen molar-refractivity contribution in [2.75, 3.05) is 11.0 Å². The van der Waals surface area contributed by atoms with Gasteiger partial charge >= 0.3 is 16.2 Å². The Morgan fingerprint density at radius 1 is 1.03 bits per heavy atom. The Bertz CT molecular complexity index is 1270. The monoisotopic (exact) mass is 483 g/mol. The van der Waals surface area contributed by atoms with Crippen LogP contribution in [0.2, 0.25) is 0 Å². The van der Waals surface area contributed by atoms with Crippen molar-refractivity contribution >= 4 is 33.6 Å². The Labute approximate surface area is 195 Å². The van der Waals surface area contributed by atoms with E-state index >= 15 is 0 Å². The lowest BCUT2D eigenvalue weighted by Gasteiger charge is -2.29. The molecule has 0 aromatic heterocycles. The van der Waals surface area contributed by atoms with Crippen LogP contribution in [0.3, 0.4) is 0 Å². The van der Waals surface area contributed by atoms with Crippen molar-refractivity contribution in [2.24, 2.45) is 0 Å². The average molecular weight is 484 g/mol. The number of thioether (sulfide) groups is 1. The summed E-state index contributed by atoms with van der Waals surface area (Å²) in [6.07, 6.45) is -2.42. The van der Waals surface area contributed by atoms with Crippen molar-refractivity contribution < 1.29 is 23.1 Å². The van der Waals surface area contributed by atoms with Crippen molar-refractivity contribution in [3.8, 4) is 11.1 Å². The van der Waals surface area contributed by atoms with Gasteiger partial charge in [0, 0.05) is 10.5 Å². The molecular weight excluding hydrogens is 462 g/mol. The average Bonchev–Trinajstić information content (AvgIpc) is 3.45. The van der Waals surface area contributed by atoms with Crippen molar-refractivity contribution in [3.63, 3.8) is 0 Å². The number of carboxylic acid groups (broad SMARTS) is 1. The van der Waals surface area contributed by atoms with E-state index in [1.807, 2.05) is 78.9 Å². The number of rotatable bonds is 6. The van der Waals surface area contributed by atoms with E-state index in [1.54, 1.807) is 0 Å². The van der Waals surface area contributed by atoms with Crippen molar-refractivity contribution in [3.05, 3.63) is 84.4 Å². The van der Waals surface area contributed by atoms with Crippen LogP contribution in [0.25, 0.3) is 11.1 Å². The van der Waals surface area contributed by atoms with Crippen LogP contribution in [0.5, 0.6) is 0 Å². The first kappa shape index (κ1) is 21.9. The van der Waals surface area contributed by atoms with Crippen LogP contribution in [0, 0.1) is 0 Å². The molecule has 10 heteroatoms. The number of carboxylic acids is 1. The number of nitrogens with one attached hydrogen (secondary N) is 2. The molecule has 2 aliphatic rings. The van der Waals surface area contributed by atoms with Crippen LogP contribution in [-0.4, -0.2) is 38.5 Å². The van der Waals surface area contributed by atoms with E-state index in [2.05, 4.69) is 10.0 Å². The summed E-state index contributed by atoms with van der Waals surface area (Å²) in [5.74, 6) is -1.24. The summed E-state index contributed by atoms with van der Waals surface area (Å²) in [4.78, 5) is 12.3. The molecule has 33 heavy (non-hydrogen) atoms. The molecule has 0 amide bonds. The van der Waals surface area contributed by atoms with Crippen LogP contribution in [-0.2, 0) is 19.7 Å². The molecule has 3 aromatic rings. The SMILES string of the molecule is O=C(O)[C@@H]1OCN[C@H]1NS(=O)(=O)N1c2c(cccc2-c2ccccc2)SC1c1ccccc1. The molecule has 3 aromatic carbocycles. The van der Waals surface area contributed by atoms with E-state index in [-0.39, 0.29) is 6.73 Å². The lowest BCUT2D eigenvalue weighted by atomic mass is 10.0. The summed E-state index contributed by atoms with van der Waals surface area (Å²) >= 11 is 1.44. The molecule has 3 atom stereocenters. The van der Waals surface area contributed by atoms with E-state index < -0.39 is 33.8 Å². The number of hydrogen-bond acceptors (Lipinski definition) is 6. The smallest absolute Gasteiger partial charge is 0.335 e. The van der Waals surface area contributed by atoms with Gasteiger partial charge in [0.1, 0.15) is 11.5 Å². The Kier molecular flexibility index (Phi) is 5.85. The Morgan fingerprint density at radius 2 is 1.73 bits per heavy atom. The number of anilines is 1. The molecule has 2 aliphatic heterocycles. The summed E-state index contributed by atoms with van der Waals surface area (Å²) in [5.41, 5.74) is 3.03. The number of carbonyl (C=O) groups is 1. The number of fused-ring (bicyclic) bond motifs is 1. The quantitative estimate of drug-likeness (QED) is 0.494. The van der Waals surface area contributed by atoms with Gasteiger partial charge in [-0.3, -0.25) is 5.32 Å². The van der Waals surface area contributed by atoms with E-state index in [4.69, 9.17) is 4.74 Å². The molecule has 1 fully saturated rings. The molecule has 2 heterocycles. The number of hydrogen-bond donors (Lipinski definition) is 3. The Hall–Kier alpha value is -2.89. The van der Waals surface area contributed by atoms with Gasteiger partial charge in [0.05, 0.1) is 12.4 Å². The predicted molar refractivity (Wildman–Crippen MR) is 126 cm³/mol. The first-order valence-electron chi connectivity index (χ1n) is 10.3. The topological polar surface area (TPSA) is 108 Å². The standard InChI is InChI=1S/C23H21N3O5S2/c27-23(28)20-21(24-14-31-20)25-33(29,30)26-19-17(15-8-3-1-4-9-15)12-7-13-18(19)32-22(26)16-10-5-2-6-11-16/h1-13,20-22,24-25H,14H2,(H,27,28)/t20-,21+,22?/m1/s1. The molecule has 0 radical (unpaired) electrons. The van der Waals surface area contributed by atoms with Gasteiger partial charge in [-0.25, -0.2) is 9.10 Å². The van der Waals surface area contributed by atoms with Crippen LogP contribution in [0.1, 0.15) is 10.9 Å². The highest BCUT2D eigenvalue weighted by Gasteiger charge is 2.44. The maximum Gasteiger partial charge on any atom is 0.335 e. The van der Waals surface area contributed by atoms with Gasteiger partial charge in [-0.1, -0.05) is 84.6 Å². The Balaban J connectivity index is 1.62. The molecule has 1 unspecified atom stereocenters. The zero-order chi connectivity index (χ0) is 23.0. The van der Waals surface area contributed by atoms with Crippen LogP contribution >= 0.6 is 11.8 Å². The number of para-hydroxylation sites is 1. The van der Waals surface area contributed by atoms with Crippen LogP contribution in [0.4, 0.5) is 5.69 Å². The normalized spacial score (nSPS) is 22.3. The first-order valence-corrected chi connectivity index (χ1v) is 12.6. The molecule has 5 rings (SSSR count). The van der Waals surface area contributed by atoms with Crippen molar-refractivity contribution in [1.82, 2.24) is 10.0 Å². The summed E-state index contributed by atoms with van der Waals surface area (Å²) in [6.45, 7) is -0.0626. The largest absolute Gasteiger partial charge is 0.479 e. The van der Waals surface area contributed by atoms with Crippen molar-refractivity contribution in [1.29, 1.82) is 0 Å². The summed E-state index contributed by atoms with van der Waals surface area (Å²) in [6, 6.07) is 24.6. The number of ether oxygens (including phenoxy) is 1. The minimum Gasteiger partial charge on any atom is -0.479 e. The predicted octanol–water partition coefficient (Wildman–Crippen LogP) is 3.16. The fraction of sp³-hybridized carbons (Fsp3) is 0.174. The van der Waals surface area contributed by atoms with Gasteiger partial charge in [0.2, 0.25) is 0 Å². The lowest BCUT2D eigenvalue weighted by Crippen LogP contribution is -2.54. The molecule has 0 bridgehead atoms. The second-order valence-electron chi connectivity index (χ2n) is 7.57. The number of benzene rings is 3. The minimum absolute atomic E-state index is 0.0626. The Morgan fingerprint density at radius 3 is 2.42 bits per heavy atom. The minimum atomic E-state index is -4.19. The summed E-state index contributed by atoms with van der Waals surface area (Å²) in [5, 5.41) is 11.6. The van der Waals surface area contributed by atoms with E-state index in [0.717, 1.165) is 21.6 Å². The first-order chi connectivity index (χ1) is 16.0. The molecule has 0 spiro atoms.